The highest BCUT2D eigenvalue weighted by molar-refractivity contribution is 7.76. The highest BCUT2D eigenvalue weighted by atomic mass is 32.2. The van der Waals surface area contributed by atoms with Crippen molar-refractivity contribution in [1.29, 1.82) is 0 Å². The van der Waals surface area contributed by atoms with Crippen LogP contribution in [-0.2, 0) is 16.0 Å². The fourth-order valence-corrected chi connectivity index (χ4v) is 0.516. The molecular formula is C4H11N2O3S-. The van der Waals surface area contributed by atoms with Crippen LogP contribution >= 0.6 is 0 Å². The summed E-state index contributed by atoms with van der Waals surface area (Å²) in [7, 11) is 0. The van der Waals surface area contributed by atoms with Crippen molar-refractivity contribution in [2.24, 2.45) is 5.14 Å². The summed E-state index contributed by atoms with van der Waals surface area (Å²) in [5.41, 5.74) is 0. The third-order valence-electron chi connectivity index (χ3n) is 0.846. The van der Waals surface area contributed by atoms with E-state index in [9.17, 15) is 0 Å². The third-order valence-corrected chi connectivity index (χ3v) is 0.846. The van der Waals surface area contributed by atoms with Crippen LogP contribution in [0.25, 0.3) is 0 Å². The Bertz CT molecular complexity index is 81.0. The molecule has 1 unspecified atom stereocenters. The van der Waals surface area contributed by atoms with E-state index >= 15 is 0 Å². The number of hydrogen-bond donors (Lipinski definition) is 2. The van der Waals surface area contributed by atoms with Crippen molar-refractivity contribution in [3.05, 3.63) is 0 Å². The molecular weight excluding hydrogens is 156 g/mol. The summed E-state index contributed by atoms with van der Waals surface area (Å²) in [6.07, 6.45) is 0. The Balaban J connectivity index is 0.000000180. The van der Waals surface area contributed by atoms with Crippen molar-refractivity contribution in [3.63, 3.8) is 0 Å². The molecule has 1 aliphatic heterocycles. The van der Waals surface area contributed by atoms with Gasteiger partial charge in [-0.1, -0.05) is 0 Å². The van der Waals surface area contributed by atoms with Crippen molar-refractivity contribution >= 4 is 11.3 Å². The third kappa shape index (κ3) is 10.9. The van der Waals surface area contributed by atoms with Gasteiger partial charge in [-0.05, 0) is 0 Å². The van der Waals surface area contributed by atoms with Crippen molar-refractivity contribution in [3.8, 4) is 0 Å². The van der Waals surface area contributed by atoms with E-state index < -0.39 is 11.3 Å². The molecule has 62 valence electrons. The summed E-state index contributed by atoms with van der Waals surface area (Å²) < 4.78 is 22.6. The molecule has 0 amide bonds. The molecule has 1 aliphatic rings. The minimum atomic E-state index is -2.36. The highest BCUT2D eigenvalue weighted by Crippen LogP contribution is 1.76. The van der Waals surface area contributed by atoms with E-state index in [1.165, 1.54) is 0 Å². The number of rotatable bonds is 0. The van der Waals surface area contributed by atoms with Gasteiger partial charge >= 0.3 is 0 Å². The lowest BCUT2D eigenvalue weighted by molar-refractivity contribution is 0.109. The largest absolute Gasteiger partial charge is 0.760 e. The number of nitrogens with one attached hydrogen (secondary N) is 1. The maximum Gasteiger partial charge on any atom is 0.0591 e. The molecule has 5 nitrogen and oxygen atoms in total. The average Bonchev–Trinajstić information content (AvgIpc) is 1.90. The quantitative estimate of drug-likeness (QED) is 0.423. The van der Waals surface area contributed by atoms with Crippen molar-refractivity contribution < 1.29 is 13.5 Å². The predicted octanol–water partition coefficient (Wildman–Crippen LogP) is -1.65. The Hall–Kier alpha value is -0.0100. The SMILES string of the molecule is C1COCCN1.NS(=O)[O-]. The molecule has 1 rings (SSSR count). The second-order valence-corrected chi connectivity index (χ2v) is 2.14. The lowest BCUT2D eigenvalue weighted by Crippen LogP contribution is -2.30. The molecule has 1 atom stereocenters. The monoisotopic (exact) mass is 167 g/mol. The Kier molecular flexibility index (Phi) is 7.09. The van der Waals surface area contributed by atoms with E-state index in [-0.39, 0.29) is 0 Å². The molecule has 0 aromatic heterocycles. The van der Waals surface area contributed by atoms with Gasteiger partial charge in [0.25, 0.3) is 0 Å². The standard InChI is InChI=1S/C4H9NO.H3NO2S/c1-3-6-4-2-5-1;1-4(2)3/h5H,1-4H2;1H2,(H,2,3)/p-1. The van der Waals surface area contributed by atoms with Gasteiger partial charge in [0.2, 0.25) is 0 Å². The van der Waals surface area contributed by atoms with Crippen LogP contribution in [0, 0.1) is 0 Å². The fourth-order valence-electron chi connectivity index (χ4n) is 0.516. The molecule has 3 N–H and O–H groups in total. The van der Waals surface area contributed by atoms with Gasteiger partial charge in [0.15, 0.2) is 0 Å². The van der Waals surface area contributed by atoms with Crippen LogP contribution in [0.2, 0.25) is 0 Å². The van der Waals surface area contributed by atoms with Crippen LogP contribution in [0.1, 0.15) is 0 Å². The minimum Gasteiger partial charge on any atom is -0.760 e. The molecule has 6 heteroatoms. The van der Waals surface area contributed by atoms with E-state index in [0.29, 0.717) is 0 Å². The lowest BCUT2D eigenvalue weighted by atomic mass is 10.5. The molecule has 1 fully saturated rings. The van der Waals surface area contributed by atoms with E-state index in [4.69, 9.17) is 13.5 Å². The number of morpholine rings is 1. The molecule has 0 saturated carbocycles. The number of ether oxygens (including phenoxy) is 1. The number of nitrogens with two attached hydrogens (primary N) is 1. The van der Waals surface area contributed by atoms with Crippen LogP contribution in [0.4, 0.5) is 0 Å². The maximum absolute atomic E-state index is 8.78. The van der Waals surface area contributed by atoms with Gasteiger partial charge in [-0.3, -0.25) is 9.35 Å². The first kappa shape index (κ1) is 9.99. The van der Waals surface area contributed by atoms with Gasteiger partial charge < -0.3 is 14.6 Å². The van der Waals surface area contributed by atoms with Crippen LogP contribution in [0.3, 0.4) is 0 Å². The summed E-state index contributed by atoms with van der Waals surface area (Å²) in [5.74, 6) is 0. The molecule has 0 bridgehead atoms. The topological polar surface area (TPSA) is 87.4 Å². The molecule has 1 heterocycles. The van der Waals surface area contributed by atoms with E-state index in [1.807, 2.05) is 0 Å². The smallest absolute Gasteiger partial charge is 0.0591 e. The highest BCUT2D eigenvalue weighted by Gasteiger charge is 1.92. The first-order chi connectivity index (χ1) is 4.73. The van der Waals surface area contributed by atoms with Gasteiger partial charge in [0.05, 0.1) is 13.2 Å². The van der Waals surface area contributed by atoms with Crippen LogP contribution in [0.15, 0.2) is 0 Å². The first-order valence-electron chi connectivity index (χ1n) is 2.85. The first-order valence-corrected chi connectivity index (χ1v) is 3.99. The average molecular weight is 167 g/mol. The Morgan fingerprint density at radius 2 is 1.90 bits per heavy atom. The van der Waals surface area contributed by atoms with Crippen LogP contribution < -0.4 is 10.5 Å². The summed E-state index contributed by atoms with van der Waals surface area (Å²) in [5, 5.41) is 7.19. The normalized spacial score (nSPS) is 20.6. The predicted molar refractivity (Wildman–Crippen MR) is 36.8 cm³/mol. The van der Waals surface area contributed by atoms with Crippen molar-refractivity contribution in [1.82, 2.24) is 5.32 Å². The van der Waals surface area contributed by atoms with E-state index in [2.05, 4.69) is 10.5 Å². The Morgan fingerprint density at radius 1 is 1.50 bits per heavy atom. The van der Waals surface area contributed by atoms with Crippen LogP contribution in [0.5, 0.6) is 0 Å². The number of hydrogen-bond acceptors (Lipinski definition) is 4. The second-order valence-electron chi connectivity index (χ2n) is 1.62. The second kappa shape index (κ2) is 7.10. The Morgan fingerprint density at radius 3 is 2.00 bits per heavy atom. The Labute approximate surface area is 62.4 Å². The molecule has 0 aliphatic carbocycles. The van der Waals surface area contributed by atoms with Crippen molar-refractivity contribution in [2.45, 2.75) is 0 Å². The molecule has 10 heavy (non-hydrogen) atoms. The fraction of sp³-hybridized carbons (Fsp3) is 1.00. The van der Waals surface area contributed by atoms with Gasteiger partial charge in [0.1, 0.15) is 0 Å². The van der Waals surface area contributed by atoms with Crippen LogP contribution in [-0.4, -0.2) is 35.1 Å². The molecule has 1 saturated heterocycles. The zero-order valence-electron chi connectivity index (χ0n) is 5.54. The lowest BCUT2D eigenvalue weighted by Gasteiger charge is -2.10. The summed E-state index contributed by atoms with van der Waals surface area (Å²) >= 11 is -2.36. The molecule has 0 radical (unpaired) electrons. The molecule has 0 aromatic carbocycles. The van der Waals surface area contributed by atoms with Gasteiger partial charge in [-0.25, -0.2) is 0 Å². The van der Waals surface area contributed by atoms with Gasteiger partial charge in [-0.15, -0.1) is 0 Å². The summed E-state index contributed by atoms with van der Waals surface area (Å²) in [6, 6.07) is 0. The zero-order valence-corrected chi connectivity index (χ0v) is 6.36. The zero-order chi connectivity index (χ0) is 7.82. The van der Waals surface area contributed by atoms with Gasteiger partial charge in [-0.2, -0.15) is 0 Å². The summed E-state index contributed by atoms with van der Waals surface area (Å²) in [4.78, 5) is 0. The molecule has 0 spiro atoms. The minimum absolute atomic E-state index is 0.889. The summed E-state index contributed by atoms with van der Waals surface area (Å²) in [6.45, 7) is 3.83. The van der Waals surface area contributed by atoms with Gasteiger partial charge in [0, 0.05) is 24.4 Å². The molecule has 0 aromatic rings. The van der Waals surface area contributed by atoms with E-state index in [1.54, 1.807) is 0 Å². The van der Waals surface area contributed by atoms with Crippen molar-refractivity contribution in [2.75, 3.05) is 26.3 Å². The maximum atomic E-state index is 8.78. The van der Waals surface area contributed by atoms with E-state index in [0.717, 1.165) is 26.3 Å².